The molecule has 1 aliphatic rings. The van der Waals surface area contributed by atoms with Gasteiger partial charge in [0.2, 0.25) is 0 Å². The van der Waals surface area contributed by atoms with Crippen LogP contribution in [-0.2, 0) is 4.79 Å². The minimum Gasteiger partial charge on any atom is -0.486 e. The van der Waals surface area contributed by atoms with Gasteiger partial charge in [0.15, 0.2) is 6.61 Å². The van der Waals surface area contributed by atoms with Gasteiger partial charge in [-0.05, 0) is 32.4 Å². The quantitative estimate of drug-likeness (QED) is 0.642. The van der Waals surface area contributed by atoms with E-state index in [1.807, 2.05) is 20.8 Å². The number of rotatable bonds is 5. The van der Waals surface area contributed by atoms with Crippen molar-refractivity contribution in [2.45, 2.75) is 32.7 Å². The zero-order valence-electron chi connectivity index (χ0n) is 12.5. The molecule has 6 nitrogen and oxygen atoms in total. The fraction of sp³-hybridized carbons (Fsp3) is 0.467. The highest BCUT2D eigenvalue weighted by Gasteiger charge is 2.21. The zero-order chi connectivity index (χ0) is 15.5. The molecule has 0 fully saturated rings. The van der Waals surface area contributed by atoms with Crippen LogP contribution in [0.1, 0.15) is 32.8 Å². The summed E-state index contributed by atoms with van der Waals surface area (Å²) in [6.45, 7) is 6.12. The van der Waals surface area contributed by atoms with E-state index in [1.54, 1.807) is 18.2 Å². The number of amides is 1. The molecule has 0 spiro atoms. The molecule has 0 aromatic heterocycles. The highest BCUT2D eigenvalue weighted by Crippen LogP contribution is 2.29. The first kappa shape index (κ1) is 15.2. The van der Waals surface area contributed by atoms with Crippen LogP contribution in [0.2, 0.25) is 0 Å². The van der Waals surface area contributed by atoms with Crippen molar-refractivity contribution in [3.8, 4) is 11.5 Å². The number of benzene rings is 1. The van der Waals surface area contributed by atoms with Gasteiger partial charge < -0.3 is 20.0 Å². The normalized spacial score (nSPS) is 15.5. The molecule has 0 atom stereocenters. The molecule has 2 N–H and O–H groups in total. The van der Waals surface area contributed by atoms with E-state index < -0.39 is 0 Å². The third-order valence-electron chi connectivity index (χ3n) is 3.48. The van der Waals surface area contributed by atoms with E-state index in [1.165, 1.54) is 0 Å². The maximum Gasteiger partial charge on any atom is 0.258 e. The predicted octanol–water partition coefficient (Wildman–Crippen LogP) is 1.94. The predicted molar refractivity (Wildman–Crippen MR) is 78.3 cm³/mol. The molecular formula is C15H20N2O4. The van der Waals surface area contributed by atoms with Gasteiger partial charge >= 0.3 is 0 Å². The van der Waals surface area contributed by atoms with Crippen LogP contribution in [0, 0.1) is 0 Å². The molecule has 1 aromatic rings. The Bertz CT molecular complexity index is 567. The van der Waals surface area contributed by atoms with Gasteiger partial charge in [0.05, 0.1) is 0 Å². The maximum absolute atomic E-state index is 11.8. The van der Waals surface area contributed by atoms with E-state index in [2.05, 4.69) is 10.5 Å². The van der Waals surface area contributed by atoms with Gasteiger partial charge in [0.1, 0.15) is 23.8 Å². The molecule has 21 heavy (non-hydrogen) atoms. The van der Waals surface area contributed by atoms with Crippen LogP contribution in [-0.4, -0.2) is 35.6 Å². The average Bonchev–Trinajstić information content (AvgIpc) is 2.87. The van der Waals surface area contributed by atoms with Crippen molar-refractivity contribution in [1.82, 2.24) is 5.32 Å². The summed E-state index contributed by atoms with van der Waals surface area (Å²) in [7, 11) is 0. The van der Waals surface area contributed by atoms with Crippen molar-refractivity contribution in [1.29, 1.82) is 0 Å². The molecule has 1 heterocycles. The highest BCUT2D eigenvalue weighted by molar-refractivity contribution is 6.06. The third-order valence-corrected chi connectivity index (χ3v) is 3.48. The first-order valence-corrected chi connectivity index (χ1v) is 6.87. The third kappa shape index (κ3) is 3.65. The van der Waals surface area contributed by atoms with E-state index in [-0.39, 0.29) is 24.7 Å². The van der Waals surface area contributed by atoms with Gasteiger partial charge in [-0.1, -0.05) is 12.1 Å². The first-order chi connectivity index (χ1) is 9.95. The zero-order valence-corrected chi connectivity index (χ0v) is 12.5. The van der Waals surface area contributed by atoms with Crippen molar-refractivity contribution < 1.29 is 19.5 Å². The smallest absolute Gasteiger partial charge is 0.258 e. The Morgan fingerprint density at radius 3 is 2.95 bits per heavy atom. The number of carbonyl (C=O) groups is 1. The van der Waals surface area contributed by atoms with E-state index in [9.17, 15) is 4.79 Å². The lowest BCUT2D eigenvalue weighted by Crippen LogP contribution is -2.44. The van der Waals surface area contributed by atoms with Crippen LogP contribution in [0.5, 0.6) is 11.5 Å². The number of nitrogens with one attached hydrogen (secondary N) is 1. The molecule has 1 aromatic carbocycles. The summed E-state index contributed by atoms with van der Waals surface area (Å²) in [6, 6.07) is 5.16. The Balaban J connectivity index is 1.95. The number of ether oxygens (including phenoxy) is 2. The van der Waals surface area contributed by atoms with E-state index in [0.29, 0.717) is 17.2 Å². The summed E-state index contributed by atoms with van der Waals surface area (Å²) in [5.41, 5.74) is 0.981. The van der Waals surface area contributed by atoms with Crippen LogP contribution in [0.3, 0.4) is 0 Å². The molecular weight excluding hydrogens is 272 g/mol. The van der Waals surface area contributed by atoms with E-state index in [0.717, 1.165) is 12.0 Å². The minimum absolute atomic E-state index is 0.0524. The molecule has 0 saturated carbocycles. The van der Waals surface area contributed by atoms with E-state index >= 15 is 0 Å². The van der Waals surface area contributed by atoms with Crippen LogP contribution in [0.15, 0.2) is 23.4 Å². The number of oxime groups is 1. The van der Waals surface area contributed by atoms with Crippen molar-refractivity contribution in [3.05, 3.63) is 23.8 Å². The monoisotopic (exact) mass is 292 g/mol. The lowest BCUT2D eigenvalue weighted by molar-refractivity contribution is -0.124. The Hall–Kier alpha value is -2.24. The van der Waals surface area contributed by atoms with Gasteiger partial charge in [0.25, 0.3) is 5.91 Å². The number of nitrogens with zero attached hydrogens (tertiary/aromatic N) is 1. The molecule has 1 aliphatic heterocycles. The summed E-state index contributed by atoms with van der Waals surface area (Å²) < 4.78 is 10.8. The maximum atomic E-state index is 11.8. The van der Waals surface area contributed by atoms with Gasteiger partial charge in [-0.15, -0.1) is 0 Å². The topological polar surface area (TPSA) is 80.2 Å². The summed E-state index contributed by atoms with van der Waals surface area (Å²) in [5, 5.41) is 14.9. The highest BCUT2D eigenvalue weighted by atomic mass is 16.5. The van der Waals surface area contributed by atoms with Gasteiger partial charge in [-0.25, -0.2) is 0 Å². The molecule has 6 heteroatoms. The molecule has 1 amide bonds. The second-order valence-electron chi connectivity index (χ2n) is 5.57. The minimum atomic E-state index is -0.242. The molecule has 0 bridgehead atoms. The number of hydrogen-bond donors (Lipinski definition) is 2. The lowest BCUT2D eigenvalue weighted by atomic mass is 10.0. The summed E-state index contributed by atoms with van der Waals surface area (Å²) in [4.78, 5) is 11.8. The van der Waals surface area contributed by atoms with Crippen LogP contribution in [0.4, 0.5) is 0 Å². The van der Waals surface area contributed by atoms with Gasteiger partial charge in [-0.2, -0.15) is 0 Å². The number of fused-ring (bicyclic) bond motifs is 1. The fourth-order valence-electron chi connectivity index (χ4n) is 1.91. The second kappa shape index (κ2) is 6.03. The molecule has 0 saturated heterocycles. The average molecular weight is 292 g/mol. The molecule has 0 unspecified atom stereocenters. The molecule has 2 rings (SSSR count). The van der Waals surface area contributed by atoms with Crippen LogP contribution >= 0.6 is 0 Å². The second-order valence-corrected chi connectivity index (χ2v) is 5.57. The fourth-order valence-corrected chi connectivity index (χ4v) is 1.91. The van der Waals surface area contributed by atoms with E-state index in [4.69, 9.17) is 14.7 Å². The lowest BCUT2D eigenvalue weighted by Gasteiger charge is -2.24. The standard InChI is InChI=1S/C15H20N2O4/c1-4-15(2,3)16-14(18)9-20-10-5-6-11-12(17-19)8-21-13(11)7-10/h5-7,19H,4,8-9H2,1-3H3,(H,16,18). The first-order valence-electron chi connectivity index (χ1n) is 6.87. The van der Waals surface area contributed by atoms with Crippen LogP contribution < -0.4 is 14.8 Å². The van der Waals surface area contributed by atoms with Crippen molar-refractivity contribution in [2.24, 2.45) is 5.16 Å². The van der Waals surface area contributed by atoms with Gasteiger partial charge in [-0.3, -0.25) is 4.79 Å². The molecule has 0 radical (unpaired) electrons. The van der Waals surface area contributed by atoms with Crippen molar-refractivity contribution in [2.75, 3.05) is 13.2 Å². The van der Waals surface area contributed by atoms with Crippen molar-refractivity contribution in [3.63, 3.8) is 0 Å². The Labute approximate surface area is 123 Å². The SMILES string of the molecule is CCC(C)(C)NC(=O)COc1ccc2c(c1)OCC2=NO. The number of carbonyl (C=O) groups excluding carboxylic acids is 1. The molecule has 114 valence electrons. The molecule has 0 aliphatic carbocycles. The Morgan fingerprint density at radius 2 is 2.29 bits per heavy atom. The van der Waals surface area contributed by atoms with Crippen molar-refractivity contribution >= 4 is 11.6 Å². The number of hydrogen-bond acceptors (Lipinski definition) is 5. The summed E-state index contributed by atoms with van der Waals surface area (Å²) in [6.07, 6.45) is 0.842. The Kier molecular flexibility index (Phi) is 4.35. The van der Waals surface area contributed by atoms with Crippen LogP contribution in [0.25, 0.3) is 0 Å². The summed E-state index contributed by atoms with van der Waals surface area (Å²) >= 11 is 0. The van der Waals surface area contributed by atoms with Gasteiger partial charge in [0, 0.05) is 17.2 Å². The largest absolute Gasteiger partial charge is 0.486 e. The summed E-state index contributed by atoms with van der Waals surface area (Å²) in [5.74, 6) is 0.966. The Morgan fingerprint density at radius 1 is 1.52 bits per heavy atom.